The van der Waals surface area contributed by atoms with E-state index in [-0.39, 0.29) is 24.4 Å². The summed E-state index contributed by atoms with van der Waals surface area (Å²) in [4.78, 5) is 12.5. The van der Waals surface area contributed by atoms with Crippen LogP contribution in [-0.2, 0) is 0 Å². The van der Waals surface area contributed by atoms with Gasteiger partial charge in [0.25, 0.3) is 5.91 Å². The minimum Gasteiger partial charge on any atom is -0.493 e. The third-order valence-corrected chi connectivity index (χ3v) is 4.29. The second-order valence-corrected chi connectivity index (χ2v) is 7.15. The smallest absolute Gasteiger partial charge is 0.251 e. The molecule has 0 aromatic heterocycles. The summed E-state index contributed by atoms with van der Waals surface area (Å²) in [5, 5.41) is 6.84. The van der Waals surface area contributed by atoms with Crippen molar-refractivity contribution in [1.82, 2.24) is 10.6 Å². The highest BCUT2D eigenvalue weighted by molar-refractivity contribution is 6.32. The van der Waals surface area contributed by atoms with Crippen molar-refractivity contribution in [2.75, 3.05) is 20.3 Å². The molecule has 1 heterocycles. The van der Waals surface area contributed by atoms with E-state index in [1.54, 1.807) is 19.2 Å². The van der Waals surface area contributed by atoms with Crippen LogP contribution in [0.2, 0.25) is 5.02 Å². The fraction of sp³-hybridized carbons (Fsp3) is 0.611. The predicted octanol–water partition coefficient (Wildman–Crippen LogP) is 3.68. The predicted molar refractivity (Wildman–Crippen MR) is 104 cm³/mol. The Labute approximate surface area is 161 Å². The third-order valence-electron chi connectivity index (χ3n) is 4.01. The molecule has 0 aliphatic carbocycles. The van der Waals surface area contributed by atoms with E-state index in [1.807, 2.05) is 0 Å². The van der Waals surface area contributed by atoms with Gasteiger partial charge in [-0.2, -0.15) is 0 Å². The summed E-state index contributed by atoms with van der Waals surface area (Å²) in [6.45, 7) is 7.69. The maximum absolute atomic E-state index is 12.5. The van der Waals surface area contributed by atoms with E-state index in [1.165, 1.54) is 0 Å². The largest absolute Gasteiger partial charge is 0.493 e. The molecule has 7 heteroatoms. The Kier molecular flexibility index (Phi) is 8.83. The summed E-state index contributed by atoms with van der Waals surface area (Å²) >= 11 is 6.31. The Morgan fingerprint density at radius 2 is 2.16 bits per heavy atom. The zero-order chi connectivity index (χ0) is 17.7. The summed E-state index contributed by atoms with van der Waals surface area (Å²) in [5.74, 6) is 1.20. The van der Waals surface area contributed by atoms with Crippen LogP contribution in [0, 0.1) is 5.92 Å². The number of hydrogen-bond donors (Lipinski definition) is 2. The molecule has 0 spiro atoms. The molecule has 1 aromatic carbocycles. The van der Waals surface area contributed by atoms with Gasteiger partial charge in [0.05, 0.1) is 18.7 Å². The van der Waals surface area contributed by atoms with Crippen LogP contribution in [0.15, 0.2) is 12.1 Å². The van der Waals surface area contributed by atoms with Gasteiger partial charge >= 0.3 is 0 Å². The number of amides is 1. The van der Waals surface area contributed by atoms with Crippen LogP contribution in [0.5, 0.6) is 11.5 Å². The number of nitrogens with one attached hydrogen (secondary N) is 2. The molecule has 1 aromatic rings. The number of hydrogen-bond acceptors (Lipinski definition) is 4. The van der Waals surface area contributed by atoms with Gasteiger partial charge < -0.3 is 20.1 Å². The summed E-state index contributed by atoms with van der Waals surface area (Å²) in [6.07, 6.45) is 1.85. The van der Waals surface area contributed by atoms with Gasteiger partial charge in [0.15, 0.2) is 11.5 Å². The van der Waals surface area contributed by atoms with Gasteiger partial charge in [-0.05, 0) is 44.4 Å². The van der Waals surface area contributed by atoms with E-state index < -0.39 is 0 Å². The monoisotopic (exact) mass is 390 g/mol. The van der Waals surface area contributed by atoms with Crippen molar-refractivity contribution in [1.29, 1.82) is 0 Å². The van der Waals surface area contributed by atoms with Crippen molar-refractivity contribution in [2.45, 2.75) is 45.7 Å². The van der Waals surface area contributed by atoms with Gasteiger partial charge in [-0.25, -0.2) is 0 Å². The number of benzene rings is 1. The molecule has 5 nitrogen and oxygen atoms in total. The van der Waals surface area contributed by atoms with E-state index in [2.05, 4.69) is 31.4 Å². The lowest BCUT2D eigenvalue weighted by Gasteiger charge is -2.28. The third kappa shape index (κ3) is 6.24. The van der Waals surface area contributed by atoms with Crippen LogP contribution in [-0.4, -0.2) is 38.3 Å². The molecule has 2 rings (SSSR count). The highest BCUT2D eigenvalue weighted by Crippen LogP contribution is 2.36. The molecular weight excluding hydrogens is 363 g/mol. The van der Waals surface area contributed by atoms with Crippen molar-refractivity contribution >= 4 is 29.9 Å². The number of ether oxygens (including phenoxy) is 2. The maximum atomic E-state index is 12.5. The van der Waals surface area contributed by atoms with E-state index >= 15 is 0 Å². The number of carbonyl (C=O) groups is 1. The van der Waals surface area contributed by atoms with Crippen LogP contribution in [0.3, 0.4) is 0 Å². The highest BCUT2D eigenvalue weighted by atomic mass is 35.5. The normalized spacial score (nSPS) is 19.9. The molecule has 1 aliphatic rings. The van der Waals surface area contributed by atoms with Crippen molar-refractivity contribution in [3.63, 3.8) is 0 Å². The zero-order valence-electron chi connectivity index (χ0n) is 15.2. The van der Waals surface area contributed by atoms with E-state index in [9.17, 15) is 4.79 Å². The first-order valence-corrected chi connectivity index (χ1v) is 8.83. The second kappa shape index (κ2) is 10.1. The molecule has 0 saturated carbocycles. The van der Waals surface area contributed by atoms with Crippen LogP contribution in [0.4, 0.5) is 0 Å². The lowest BCUT2D eigenvalue weighted by atomic mass is 10.00. The SMILES string of the molecule is COc1cc(C(=O)NC2CCNC(C)C2)cc(Cl)c1OCC(C)C.Cl. The van der Waals surface area contributed by atoms with Gasteiger partial charge in [0.1, 0.15) is 0 Å². The quantitative estimate of drug-likeness (QED) is 0.777. The number of rotatable bonds is 6. The molecule has 2 atom stereocenters. The average molecular weight is 391 g/mol. The van der Waals surface area contributed by atoms with E-state index in [0.717, 1.165) is 19.4 Å². The Bertz CT molecular complexity index is 582. The van der Waals surface area contributed by atoms with Crippen molar-refractivity contribution in [3.05, 3.63) is 22.7 Å². The van der Waals surface area contributed by atoms with E-state index in [4.69, 9.17) is 21.1 Å². The van der Waals surface area contributed by atoms with Crippen LogP contribution < -0.4 is 20.1 Å². The van der Waals surface area contributed by atoms with E-state index in [0.29, 0.717) is 40.7 Å². The van der Waals surface area contributed by atoms with Crippen molar-refractivity contribution in [3.8, 4) is 11.5 Å². The van der Waals surface area contributed by atoms with Crippen LogP contribution >= 0.6 is 24.0 Å². The Hall–Kier alpha value is -1.17. The Morgan fingerprint density at radius 3 is 2.76 bits per heavy atom. The number of methoxy groups -OCH3 is 1. The molecular formula is C18H28Cl2N2O3. The average Bonchev–Trinajstić information content (AvgIpc) is 2.52. The van der Waals surface area contributed by atoms with Gasteiger partial charge in [-0.1, -0.05) is 25.4 Å². The van der Waals surface area contributed by atoms with Crippen molar-refractivity contribution < 1.29 is 14.3 Å². The molecule has 1 saturated heterocycles. The summed E-state index contributed by atoms with van der Waals surface area (Å²) in [5.41, 5.74) is 0.486. The summed E-state index contributed by atoms with van der Waals surface area (Å²) in [6, 6.07) is 3.91. The molecule has 25 heavy (non-hydrogen) atoms. The number of halogens is 2. The summed E-state index contributed by atoms with van der Waals surface area (Å²) in [7, 11) is 1.55. The first-order chi connectivity index (χ1) is 11.4. The standard InChI is InChI=1S/C18H27ClN2O3.ClH/c1-11(2)10-24-17-15(19)8-13(9-16(17)23-4)18(22)21-14-5-6-20-12(3)7-14;/h8-9,11-12,14,20H,5-7,10H2,1-4H3,(H,21,22);1H. The highest BCUT2D eigenvalue weighted by Gasteiger charge is 2.22. The molecule has 2 unspecified atom stereocenters. The fourth-order valence-electron chi connectivity index (χ4n) is 2.77. The molecule has 142 valence electrons. The van der Waals surface area contributed by atoms with Gasteiger partial charge in [-0.15, -0.1) is 12.4 Å². The Morgan fingerprint density at radius 1 is 1.44 bits per heavy atom. The van der Waals surface area contributed by atoms with Gasteiger partial charge in [0, 0.05) is 17.6 Å². The molecule has 1 aliphatic heterocycles. The fourth-order valence-corrected chi connectivity index (χ4v) is 3.04. The van der Waals surface area contributed by atoms with Crippen molar-refractivity contribution in [2.24, 2.45) is 5.92 Å². The molecule has 1 fully saturated rings. The minimum atomic E-state index is -0.135. The molecule has 0 bridgehead atoms. The van der Waals surface area contributed by atoms with Gasteiger partial charge in [-0.3, -0.25) is 4.79 Å². The number of carbonyl (C=O) groups excluding carboxylic acids is 1. The number of piperidine rings is 1. The zero-order valence-corrected chi connectivity index (χ0v) is 16.8. The summed E-state index contributed by atoms with van der Waals surface area (Å²) < 4.78 is 11.1. The topological polar surface area (TPSA) is 59.6 Å². The lowest BCUT2D eigenvalue weighted by molar-refractivity contribution is 0.0925. The minimum absolute atomic E-state index is 0. The maximum Gasteiger partial charge on any atom is 0.251 e. The first kappa shape index (κ1) is 21.9. The molecule has 2 N–H and O–H groups in total. The Balaban J connectivity index is 0.00000312. The van der Waals surface area contributed by atoms with Crippen LogP contribution in [0.25, 0.3) is 0 Å². The molecule has 1 amide bonds. The van der Waals surface area contributed by atoms with Crippen LogP contribution in [0.1, 0.15) is 44.0 Å². The second-order valence-electron chi connectivity index (χ2n) is 6.74. The first-order valence-electron chi connectivity index (χ1n) is 8.45. The van der Waals surface area contributed by atoms with Gasteiger partial charge in [0.2, 0.25) is 0 Å². The molecule has 0 radical (unpaired) electrons. The lowest BCUT2D eigenvalue weighted by Crippen LogP contribution is -2.46.